The molecule has 2 atom stereocenters. The van der Waals surface area contributed by atoms with Crippen molar-refractivity contribution < 1.29 is 0 Å². The first-order valence-electron chi connectivity index (χ1n) is 10.3. The SMILES string of the molecule is C=CCCC(C)(C1=CC=C2C=CC=CC21)C1c2ccccc2-c2ccccc21. The summed E-state index contributed by atoms with van der Waals surface area (Å²) >= 11 is 0. The molecule has 5 rings (SSSR count). The van der Waals surface area contributed by atoms with E-state index in [4.69, 9.17) is 0 Å². The van der Waals surface area contributed by atoms with Gasteiger partial charge in [0.2, 0.25) is 0 Å². The highest BCUT2D eigenvalue weighted by Gasteiger charge is 2.46. The zero-order chi connectivity index (χ0) is 19.1. The number of benzene rings is 2. The largest absolute Gasteiger partial charge is 0.103 e. The van der Waals surface area contributed by atoms with Gasteiger partial charge in [-0.15, -0.1) is 6.58 Å². The van der Waals surface area contributed by atoms with Crippen molar-refractivity contribution >= 4 is 0 Å². The van der Waals surface area contributed by atoms with Crippen LogP contribution in [0.25, 0.3) is 11.1 Å². The molecule has 2 aromatic rings. The van der Waals surface area contributed by atoms with Crippen LogP contribution in [0.4, 0.5) is 0 Å². The van der Waals surface area contributed by atoms with Crippen LogP contribution < -0.4 is 0 Å². The summed E-state index contributed by atoms with van der Waals surface area (Å²) in [6.07, 6.45) is 17.9. The standard InChI is InChI=1S/C28H26/c1-3-4-19-28(2,26-18-17-20-11-5-6-12-21(20)26)27-24-15-9-7-13-22(24)23-14-8-10-16-25(23)27/h3,5-18,21,27H,1,4,19H2,2H3. The third-order valence-corrected chi connectivity index (χ3v) is 6.85. The first kappa shape index (κ1) is 17.3. The van der Waals surface area contributed by atoms with E-state index < -0.39 is 0 Å². The second kappa shape index (κ2) is 6.63. The highest BCUT2D eigenvalue weighted by atomic mass is 14.5. The van der Waals surface area contributed by atoms with E-state index in [2.05, 4.69) is 105 Å². The minimum Gasteiger partial charge on any atom is -0.103 e. The number of rotatable bonds is 5. The van der Waals surface area contributed by atoms with Crippen molar-refractivity contribution in [3.05, 3.63) is 120 Å². The molecule has 0 fully saturated rings. The zero-order valence-corrected chi connectivity index (χ0v) is 16.4. The van der Waals surface area contributed by atoms with Gasteiger partial charge in [0.1, 0.15) is 0 Å². The van der Waals surface area contributed by atoms with E-state index >= 15 is 0 Å². The molecule has 0 heterocycles. The Kier molecular flexibility index (Phi) is 4.09. The normalized spacial score (nSPS) is 21.4. The lowest BCUT2D eigenvalue weighted by Gasteiger charge is -2.41. The molecule has 0 saturated heterocycles. The summed E-state index contributed by atoms with van der Waals surface area (Å²) in [6.45, 7) is 6.51. The van der Waals surface area contributed by atoms with Crippen LogP contribution in [-0.4, -0.2) is 0 Å². The zero-order valence-electron chi connectivity index (χ0n) is 16.4. The Labute approximate surface area is 168 Å². The number of allylic oxidation sites excluding steroid dienone is 9. The molecule has 0 saturated carbocycles. The van der Waals surface area contributed by atoms with E-state index in [-0.39, 0.29) is 5.41 Å². The molecule has 0 heteroatoms. The molecule has 0 aromatic heterocycles. The van der Waals surface area contributed by atoms with Crippen molar-refractivity contribution in [1.29, 1.82) is 0 Å². The summed E-state index contributed by atoms with van der Waals surface area (Å²) in [4.78, 5) is 0. The van der Waals surface area contributed by atoms with Crippen LogP contribution >= 0.6 is 0 Å². The maximum absolute atomic E-state index is 4.03. The molecular formula is C28H26. The van der Waals surface area contributed by atoms with E-state index in [0.717, 1.165) is 12.8 Å². The van der Waals surface area contributed by atoms with Crippen LogP contribution in [-0.2, 0) is 0 Å². The fourth-order valence-corrected chi connectivity index (χ4v) is 5.53. The molecule has 0 N–H and O–H groups in total. The highest BCUT2D eigenvalue weighted by molar-refractivity contribution is 5.79. The molecule has 2 aromatic carbocycles. The minimum absolute atomic E-state index is 0.0370. The van der Waals surface area contributed by atoms with Crippen LogP contribution in [0.15, 0.2) is 109 Å². The third-order valence-electron chi connectivity index (χ3n) is 6.85. The molecule has 0 aliphatic heterocycles. The Bertz CT molecular complexity index is 1010. The molecule has 0 bridgehead atoms. The maximum Gasteiger partial charge on any atom is 0.0240 e. The molecule has 0 radical (unpaired) electrons. The Morgan fingerprint density at radius 2 is 1.61 bits per heavy atom. The lowest BCUT2D eigenvalue weighted by molar-refractivity contribution is 0.310. The monoisotopic (exact) mass is 362 g/mol. The predicted octanol–water partition coefficient (Wildman–Crippen LogP) is 7.38. The average Bonchev–Trinajstić information content (AvgIpc) is 3.32. The third kappa shape index (κ3) is 2.44. The Hall–Kier alpha value is -2.86. The molecule has 3 aliphatic rings. The molecule has 0 nitrogen and oxygen atoms in total. The topological polar surface area (TPSA) is 0 Å². The van der Waals surface area contributed by atoms with Crippen molar-refractivity contribution in [1.82, 2.24) is 0 Å². The molecule has 3 aliphatic carbocycles. The Morgan fingerprint density at radius 3 is 2.29 bits per heavy atom. The summed E-state index contributed by atoms with van der Waals surface area (Å²) in [6, 6.07) is 18.0. The minimum atomic E-state index is 0.0370. The van der Waals surface area contributed by atoms with Gasteiger partial charge in [-0.25, -0.2) is 0 Å². The van der Waals surface area contributed by atoms with Crippen LogP contribution in [0.3, 0.4) is 0 Å². The van der Waals surface area contributed by atoms with Gasteiger partial charge < -0.3 is 0 Å². The van der Waals surface area contributed by atoms with Gasteiger partial charge in [-0.3, -0.25) is 0 Å². The summed E-state index contributed by atoms with van der Waals surface area (Å²) in [5.41, 5.74) is 8.75. The van der Waals surface area contributed by atoms with Crippen LogP contribution in [0.1, 0.15) is 36.8 Å². The summed E-state index contributed by atoms with van der Waals surface area (Å²) in [7, 11) is 0. The quantitative estimate of drug-likeness (QED) is 0.487. The number of hydrogen-bond donors (Lipinski definition) is 0. The highest BCUT2D eigenvalue weighted by Crippen LogP contribution is 2.59. The van der Waals surface area contributed by atoms with Crippen molar-refractivity contribution in [2.75, 3.05) is 0 Å². The lowest BCUT2D eigenvalue weighted by Crippen LogP contribution is -2.30. The van der Waals surface area contributed by atoms with Crippen molar-refractivity contribution in [2.45, 2.75) is 25.7 Å². The molecule has 2 unspecified atom stereocenters. The average molecular weight is 363 g/mol. The molecule has 0 amide bonds. The summed E-state index contributed by atoms with van der Waals surface area (Å²) < 4.78 is 0. The molecule has 28 heavy (non-hydrogen) atoms. The van der Waals surface area contributed by atoms with Gasteiger partial charge in [0, 0.05) is 17.3 Å². The van der Waals surface area contributed by atoms with Gasteiger partial charge in [0.15, 0.2) is 0 Å². The van der Waals surface area contributed by atoms with Gasteiger partial charge in [-0.2, -0.15) is 0 Å². The van der Waals surface area contributed by atoms with Crippen LogP contribution in [0, 0.1) is 11.3 Å². The van der Waals surface area contributed by atoms with Crippen LogP contribution in [0.5, 0.6) is 0 Å². The van der Waals surface area contributed by atoms with Crippen molar-refractivity contribution in [2.24, 2.45) is 11.3 Å². The fourth-order valence-electron chi connectivity index (χ4n) is 5.53. The summed E-state index contributed by atoms with van der Waals surface area (Å²) in [5.74, 6) is 0.776. The maximum atomic E-state index is 4.03. The Morgan fingerprint density at radius 1 is 0.929 bits per heavy atom. The van der Waals surface area contributed by atoms with E-state index in [0.29, 0.717) is 11.8 Å². The second-order valence-corrected chi connectivity index (χ2v) is 8.36. The van der Waals surface area contributed by atoms with Gasteiger partial charge in [-0.05, 0) is 40.7 Å². The Balaban J connectivity index is 1.68. The van der Waals surface area contributed by atoms with Crippen molar-refractivity contribution in [3.63, 3.8) is 0 Å². The molecule has 0 spiro atoms. The van der Waals surface area contributed by atoms with Gasteiger partial charge in [0.05, 0.1) is 0 Å². The van der Waals surface area contributed by atoms with E-state index in [1.165, 1.54) is 27.8 Å². The number of hydrogen-bond acceptors (Lipinski definition) is 0. The predicted molar refractivity (Wildman–Crippen MR) is 119 cm³/mol. The molecule has 138 valence electrons. The first-order chi connectivity index (χ1) is 13.7. The second-order valence-electron chi connectivity index (χ2n) is 8.36. The van der Waals surface area contributed by atoms with Crippen molar-refractivity contribution in [3.8, 4) is 11.1 Å². The smallest absolute Gasteiger partial charge is 0.0240 e. The van der Waals surface area contributed by atoms with E-state index in [1.54, 1.807) is 5.57 Å². The van der Waals surface area contributed by atoms with Gasteiger partial charge >= 0.3 is 0 Å². The summed E-state index contributed by atoms with van der Waals surface area (Å²) in [5, 5.41) is 0. The fraction of sp³-hybridized carbons (Fsp3) is 0.214. The van der Waals surface area contributed by atoms with E-state index in [1.807, 2.05) is 0 Å². The lowest BCUT2D eigenvalue weighted by atomic mass is 9.62. The van der Waals surface area contributed by atoms with E-state index in [9.17, 15) is 0 Å². The van der Waals surface area contributed by atoms with Crippen LogP contribution in [0.2, 0.25) is 0 Å². The van der Waals surface area contributed by atoms with Gasteiger partial charge in [-0.1, -0.05) is 104 Å². The van der Waals surface area contributed by atoms with Gasteiger partial charge in [0.25, 0.3) is 0 Å². The first-order valence-corrected chi connectivity index (χ1v) is 10.3. The number of fused-ring (bicyclic) bond motifs is 4. The molecular weight excluding hydrogens is 336 g/mol.